The number of benzene rings is 1. The summed E-state index contributed by atoms with van der Waals surface area (Å²) in [6, 6.07) is 8.79. The van der Waals surface area contributed by atoms with Gasteiger partial charge < -0.3 is 15.6 Å². The van der Waals surface area contributed by atoms with Crippen LogP contribution in [0.3, 0.4) is 0 Å². The molecule has 1 amide bonds. The maximum absolute atomic E-state index is 12.3. The number of amides is 1. The Morgan fingerprint density at radius 2 is 2.14 bits per heavy atom. The van der Waals surface area contributed by atoms with Crippen molar-refractivity contribution in [2.45, 2.75) is 25.3 Å². The Morgan fingerprint density at radius 1 is 1.45 bits per heavy atom. The Balaban J connectivity index is 1.75. The first-order valence-electron chi connectivity index (χ1n) is 7.27. The minimum atomic E-state index is -0.379. The van der Waals surface area contributed by atoms with Gasteiger partial charge in [-0.25, -0.2) is 0 Å². The minimum Gasteiger partial charge on any atom is -0.355 e. The van der Waals surface area contributed by atoms with Crippen LogP contribution >= 0.6 is 11.6 Å². The molecule has 5 nitrogen and oxygen atoms in total. The lowest BCUT2D eigenvalue weighted by molar-refractivity contribution is 0.0888. The Hall–Kier alpha value is -1.85. The van der Waals surface area contributed by atoms with Crippen LogP contribution in [0.15, 0.2) is 34.9 Å². The van der Waals surface area contributed by atoms with Crippen LogP contribution in [0.5, 0.6) is 0 Å². The van der Waals surface area contributed by atoms with Crippen molar-refractivity contribution < 1.29 is 9.32 Å². The van der Waals surface area contributed by atoms with Crippen molar-refractivity contribution in [2.24, 2.45) is 11.7 Å². The van der Waals surface area contributed by atoms with Crippen LogP contribution in [0.4, 0.5) is 0 Å². The van der Waals surface area contributed by atoms with E-state index in [-0.39, 0.29) is 17.1 Å². The van der Waals surface area contributed by atoms with E-state index in [0.29, 0.717) is 23.2 Å². The van der Waals surface area contributed by atoms with Gasteiger partial charge >= 0.3 is 0 Å². The number of hydrogen-bond acceptors (Lipinski definition) is 4. The first-order valence-corrected chi connectivity index (χ1v) is 7.65. The molecule has 0 spiro atoms. The van der Waals surface area contributed by atoms with E-state index in [2.05, 4.69) is 10.5 Å². The van der Waals surface area contributed by atoms with Crippen molar-refractivity contribution in [3.05, 3.63) is 41.0 Å². The highest BCUT2D eigenvalue weighted by molar-refractivity contribution is 6.30. The van der Waals surface area contributed by atoms with Gasteiger partial charge in [-0.3, -0.25) is 4.79 Å². The van der Waals surface area contributed by atoms with Gasteiger partial charge in [-0.15, -0.1) is 0 Å². The summed E-state index contributed by atoms with van der Waals surface area (Å²) >= 11 is 5.86. The summed E-state index contributed by atoms with van der Waals surface area (Å²) in [5, 5.41) is 7.48. The number of nitrogens with one attached hydrogen (secondary N) is 1. The second-order valence-corrected chi connectivity index (χ2v) is 6.37. The third-order valence-corrected chi connectivity index (χ3v) is 4.43. The molecule has 1 aliphatic carbocycles. The molecule has 1 aliphatic rings. The Bertz CT molecular complexity index is 679. The van der Waals surface area contributed by atoms with Crippen molar-refractivity contribution in [3.63, 3.8) is 0 Å². The van der Waals surface area contributed by atoms with Gasteiger partial charge in [0.1, 0.15) is 0 Å². The number of halogens is 1. The smallest absolute Gasteiger partial charge is 0.273 e. The van der Waals surface area contributed by atoms with E-state index in [4.69, 9.17) is 21.9 Å². The predicted molar refractivity (Wildman–Crippen MR) is 84.6 cm³/mol. The molecule has 2 aromatic rings. The molecule has 0 aliphatic heterocycles. The highest BCUT2D eigenvalue weighted by Gasteiger charge is 2.42. The van der Waals surface area contributed by atoms with Gasteiger partial charge in [0.25, 0.3) is 5.91 Å². The van der Waals surface area contributed by atoms with E-state index in [1.807, 2.05) is 19.1 Å². The van der Waals surface area contributed by atoms with Crippen molar-refractivity contribution >= 4 is 17.5 Å². The monoisotopic (exact) mass is 319 g/mol. The molecule has 1 unspecified atom stereocenters. The molecule has 1 saturated carbocycles. The molecule has 0 radical (unpaired) electrons. The van der Waals surface area contributed by atoms with Crippen LogP contribution in [-0.2, 0) is 0 Å². The van der Waals surface area contributed by atoms with Crippen molar-refractivity contribution in [1.82, 2.24) is 10.5 Å². The zero-order chi connectivity index (χ0) is 15.7. The van der Waals surface area contributed by atoms with Crippen LogP contribution in [-0.4, -0.2) is 23.1 Å². The molecule has 0 bridgehead atoms. The summed E-state index contributed by atoms with van der Waals surface area (Å²) in [6.45, 7) is 2.38. The molecular weight excluding hydrogens is 302 g/mol. The highest BCUT2D eigenvalue weighted by Crippen LogP contribution is 2.39. The van der Waals surface area contributed by atoms with E-state index in [1.54, 1.807) is 18.2 Å². The molecule has 22 heavy (non-hydrogen) atoms. The second kappa shape index (κ2) is 5.74. The quantitative estimate of drug-likeness (QED) is 0.888. The van der Waals surface area contributed by atoms with Crippen molar-refractivity contribution in [2.75, 3.05) is 6.54 Å². The summed E-state index contributed by atoms with van der Waals surface area (Å²) in [6.07, 6.45) is 2.20. The Labute approximate surface area is 133 Å². The van der Waals surface area contributed by atoms with E-state index in [1.165, 1.54) is 0 Å². The van der Waals surface area contributed by atoms with Crippen LogP contribution < -0.4 is 11.1 Å². The number of nitrogens with two attached hydrogens (primary N) is 1. The average Bonchev–Trinajstić information content (AvgIpc) is 3.26. The van der Waals surface area contributed by atoms with Crippen LogP contribution in [0, 0.1) is 5.92 Å². The molecule has 1 heterocycles. The first-order chi connectivity index (χ1) is 10.5. The number of rotatable bonds is 5. The maximum Gasteiger partial charge on any atom is 0.273 e. The minimum absolute atomic E-state index is 0.255. The van der Waals surface area contributed by atoms with Crippen LogP contribution in [0.25, 0.3) is 11.3 Å². The summed E-state index contributed by atoms with van der Waals surface area (Å²) in [5.41, 5.74) is 6.51. The van der Waals surface area contributed by atoms with E-state index in [0.717, 1.165) is 18.4 Å². The van der Waals surface area contributed by atoms with E-state index < -0.39 is 0 Å². The summed E-state index contributed by atoms with van der Waals surface area (Å²) < 4.78 is 5.25. The SMILES string of the molecule is CC(CN)(NC(=O)c1cc(-c2ccc(Cl)cc2)on1)C1CC1. The predicted octanol–water partition coefficient (Wildman–Crippen LogP) is 2.85. The Kier molecular flexibility index (Phi) is 3.93. The lowest BCUT2D eigenvalue weighted by Gasteiger charge is -2.28. The van der Waals surface area contributed by atoms with Gasteiger partial charge in [-0.2, -0.15) is 0 Å². The molecule has 116 valence electrons. The molecule has 6 heteroatoms. The largest absolute Gasteiger partial charge is 0.355 e. The van der Waals surface area contributed by atoms with Gasteiger partial charge in [-0.05, 0) is 49.9 Å². The fourth-order valence-electron chi connectivity index (χ4n) is 2.50. The summed E-state index contributed by atoms with van der Waals surface area (Å²) in [7, 11) is 0. The topological polar surface area (TPSA) is 81.1 Å². The molecule has 1 fully saturated rings. The van der Waals surface area contributed by atoms with E-state index in [9.17, 15) is 4.79 Å². The van der Waals surface area contributed by atoms with Crippen LogP contribution in [0.1, 0.15) is 30.3 Å². The third kappa shape index (κ3) is 3.00. The molecular formula is C16H18ClN3O2. The summed E-state index contributed by atoms with van der Waals surface area (Å²) in [4.78, 5) is 12.3. The number of hydrogen-bond donors (Lipinski definition) is 2. The zero-order valence-corrected chi connectivity index (χ0v) is 13.1. The Morgan fingerprint density at radius 3 is 2.73 bits per heavy atom. The number of nitrogens with zero attached hydrogens (tertiary/aromatic N) is 1. The number of aromatic nitrogens is 1. The third-order valence-electron chi connectivity index (χ3n) is 4.17. The van der Waals surface area contributed by atoms with Gasteiger partial charge in [-0.1, -0.05) is 16.8 Å². The van der Waals surface area contributed by atoms with Crippen molar-refractivity contribution in [3.8, 4) is 11.3 Å². The molecule has 1 aromatic carbocycles. The number of carbonyl (C=O) groups excluding carboxylic acids is 1. The fourth-order valence-corrected chi connectivity index (χ4v) is 2.62. The van der Waals surface area contributed by atoms with Gasteiger partial charge in [0.05, 0.1) is 5.54 Å². The molecule has 1 aromatic heterocycles. The lowest BCUT2D eigenvalue weighted by Crippen LogP contribution is -2.53. The maximum atomic E-state index is 12.3. The van der Waals surface area contributed by atoms with Gasteiger partial charge in [0.15, 0.2) is 11.5 Å². The van der Waals surface area contributed by atoms with E-state index >= 15 is 0 Å². The highest BCUT2D eigenvalue weighted by atomic mass is 35.5. The molecule has 1 atom stereocenters. The number of carbonyl (C=O) groups is 1. The summed E-state index contributed by atoms with van der Waals surface area (Å²) in [5.74, 6) is 0.718. The van der Waals surface area contributed by atoms with Crippen LogP contribution in [0.2, 0.25) is 5.02 Å². The lowest BCUT2D eigenvalue weighted by atomic mass is 9.96. The molecule has 3 N–H and O–H groups in total. The zero-order valence-electron chi connectivity index (χ0n) is 12.3. The second-order valence-electron chi connectivity index (χ2n) is 5.93. The molecule has 0 saturated heterocycles. The van der Waals surface area contributed by atoms with Gasteiger partial charge in [0, 0.05) is 23.2 Å². The fraction of sp³-hybridized carbons (Fsp3) is 0.375. The average molecular weight is 320 g/mol. The molecule has 3 rings (SSSR count). The van der Waals surface area contributed by atoms with Crippen molar-refractivity contribution in [1.29, 1.82) is 0 Å². The standard InChI is InChI=1S/C16H18ClN3O2/c1-16(9-18,11-4-5-11)19-15(21)13-8-14(22-20-13)10-2-6-12(17)7-3-10/h2-3,6-8,11H,4-5,9,18H2,1H3,(H,19,21). The van der Waals surface area contributed by atoms with Gasteiger partial charge in [0.2, 0.25) is 0 Å². The first kappa shape index (κ1) is 15.1. The normalized spacial score (nSPS) is 17.0.